The third-order valence-corrected chi connectivity index (χ3v) is 10.2. The predicted octanol–water partition coefficient (Wildman–Crippen LogP) is 4.36. The van der Waals surface area contributed by atoms with Crippen LogP contribution in [0.3, 0.4) is 0 Å². The molecule has 1 aromatic heterocycles. The zero-order valence-corrected chi connectivity index (χ0v) is 25.6. The minimum Gasteiger partial charge on any atom is -0.462 e. The van der Waals surface area contributed by atoms with Gasteiger partial charge in [0.15, 0.2) is 0 Å². The highest BCUT2D eigenvalue weighted by Gasteiger charge is 2.36. The second kappa shape index (κ2) is 12.7. The predicted molar refractivity (Wildman–Crippen MR) is 170 cm³/mol. The molecule has 9 nitrogen and oxygen atoms in total. The largest absolute Gasteiger partial charge is 0.462 e. The number of anilines is 1. The van der Waals surface area contributed by atoms with Crippen LogP contribution in [0.15, 0.2) is 43.0 Å². The summed E-state index contributed by atoms with van der Waals surface area (Å²) in [6, 6.07) is 12.0. The van der Waals surface area contributed by atoms with Crippen molar-refractivity contribution in [1.82, 2.24) is 24.7 Å². The molecule has 44 heavy (non-hydrogen) atoms. The van der Waals surface area contributed by atoms with Gasteiger partial charge in [0.05, 0.1) is 24.2 Å². The topological polar surface area (TPSA) is 88.8 Å². The number of carbonyl (C=O) groups excluding carboxylic acids is 1. The maximum atomic E-state index is 12.6. The van der Waals surface area contributed by atoms with E-state index in [1.807, 2.05) is 0 Å². The van der Waals surface area contributed by atoms with Gasteiger partial charge >= 0.3 is 6.01 Å². The van der Waals surface area contributed by atoms with Crippen LogP contribution in [0.2, 0.25) is 0 Å². The fourth-order valence-electron chi connectivity index (χ4n) is 7.63. The lowest BCUT2D eigenvalue weighted by atomic mass is 9.90. The lowest BCUT2D eigenvalue weighted by Crippen LogP contribution is -2.55. The first-order valence-electron chi connectivity index (χ1n) is 16.4. The number of rotatable bonds is 9. The van der Waals surface area contributed by atoms with E-state index < -0.39 is 0 Å². The summed E-state index contributed by atoms with van der Waals surface area (Å²) in [5.74, 6) is 1.65. The summed E-state index contributed by atoms with van der Waals surface area (Å²) in [4.78, 5) is 31.9. The fourth-order valence-corrected chi connectivity index (χ4v) is 7.63. The van der Waals surface area contributed by atoms with Crippen molar-refractivity contribution in [2.24, 2.45) is 5.92 Å². The van der Waals surface area contributed by atoms with Crippen molar-refractivity contribution < 1.29 is 9.53 Å². The molecule has 7 rings (SSSR count). The van der Waals surface area contributed by atoms with Crippen molar-refractivity contribution in [3.05, 3.63) is 65.4 Å². The molecule has 0 spiro atoms. The van der Waals surface area contributed by atoms with Crippen LogP contribution in [-0.4, -0.2) is 88.5 Å². The van der Waals surface area contributed by atoms with E-state index in [4.69, 9.17) is 14.7 Å². The second-order valence-electron chi connectivity index (χ2n) is 13.0. The summed E-state index contributed by atoms with van der Waals surface area (Å²) >= 11 is 0. The van der Waals surface area contributed by atoms with E-state index in [9.17, 15) is 10.1 Å². The van der Waals surface area contributed by atoms with Crippen LogP contribution in [-0.2, 0) is 17.8 Å². The van der Waals surface area contributed by atoms with Crippen molar-refractivity contribution in [2.45, 2.75) is 69.6 Å². The standard InChI is InChI=1S/C35H43N7O2/c1-2-33(43)42-20-19-41(22-27(42)14-16-36)34-30-15-18-40(32-11-5-8-26-7-3-4-10-29(26)32)23-31(30)37-35(38-34)44-24-28-9-6-17-39(28)21-25-12-13-25/h2-5,7-8,10,25,27-28,32H,1,6,9,11-15,17-24H2/t27?,28-,32?/m0/s1. The Labute approximate surface area is 260 Å². The van der Waals surface area contributed by atoms with E-state index in [1.165, 1.54) is 48.6 Å². The van der Waals surface area contributed by atoms with Gasteiger partial charge in [-0.2, -0.15) is 15.2 Å². The van der Waals surface area contributed by atoms with Gasteiger partial charge in [0.2, 0.25) is 5.91 Å². The number of hydrogen-bond donors (Lipinski definition) is 0. The lowest BCUT2D eigenvalue weighted by molar-refractivity contribution is -0.128. The molecule has 2 unspecified atom stereocenters. The highest BCUT2D eigenvalue weighted by Crippen LogP contribution is 2.38. The molecule has 2 aromatic rings. The molecule has 0 radical (unpaired) electrons. The van der Waals surface area contributed by atoms with Crippen molar-refractivity contribution >= 4 is 17.8 Å². The number of nitriles is 1. The zero-order valence-electron chi connectivity index (χ0n) is 25.6. The van der Waals surface area contributed by atoms with Crippen LogP contribution in [0.25, 0.3) is 6.08 Å². The van der Waals surface area contributed by atoms with E-state index >= 15 is 0 Å². The van der Waals surface area contributed by atoms with Gasteiger partial charge in [-0.3, -0.25) is 14.6 Å². The minimum absolute atomic E-state index is 0.122. The first kappa shape index (κ1) is 29.0. The number of aromatic nitrogens is 2. The Hall–Kier alpha value is -3.74. The number of likely N-dealkylation sites (tertiary alicyclic amines) is 1. The van der Waals surface area contributed by atoms with E-state index in [0.717, 1.165) is 56.3 Å². The van der Waals surface area contributed by atoms with E-state index in [0.29, 0.717) is 44.3 Å². The highest BCUT2D eigenvalue weighted by atomic mass is 16.5. The number of hydrogen-bond acceptors (Lipinski definition) is 8. The highest BCUT2D eigenvalue weighted by molar-refractivity contribution is 5.87. The van der Waals surface area contributed by atoms with Crippen LogP contribution in [0.4, 0.5) is 5.82 Å². The molecule has 5 aliphatic rings. The molecular formula is C35H43N7O2. The third kappa shape index (κ3) is 5.98. The van der Waals surface area contributed by atoms with Gasteiger partial charge in [-0.15, -0.1) is 0 Å². The Morgan fingerprint density at radius 3 is 2.84 bits per heavy atom. The fraction of sp³-hybridized carbons (Fsp3) is 0.543. The van der Waals surface area contributed by atoms with Gasteiger partial charge < -0.3 is 14.5 Å². The number of carbonyl (C=O) groups is 1. The van der Waals surface area contributed by atoms with Crippen molar-refractivity contribution in [1.29, 1.82) is 5.26 Å². The Morgan fingerprint density at radius 1 is 1.11 bits per heavy atom. The van der Waals surface area contributed by atoms with Gasteiger partial charge in [-0.05, 0) is 68.2 Å². The number of fused-ring (bicyclic) bond motifs is 2. The summed E-state index contributed by atoms with van der Waals surface area (Å²) in [7, 11) is 0. The average Bonchev–Trinajstić information content (AvgIpc) is 3.78. The Morgan fingerprint density at radius 2 is 2.00 bits per heavy atom. The van der Waals surface area contributed by atoms with Crippen molar-refractivity contribution in [3.63, 3.8) is 0 Å². The Bertz CT molecular complexity index is 1460. The van der Waals surface area contributed by atoms with Crippen molar-refractivity contribution in [2.75, 3.05) is 50.8 Å². The van der Waals surface area contributed by atoms with E-state index in [2.05, 4.69) is 63.8 Å². The van der Waals surface area contributed by atoms with Crippen LogP contribution >= 0.6 is 0 Å². The molecule has 1 aromatic carbocycles. The zero-order chi connectivity index (χ0) is 30.0. The summed E-state index contributed by atoms with van der Waals surface area (Å²) in [5, 5.41) is 9.57. The molecule has 4 heterocycles. The third-order valence-electron chi connectivity index (χ3n) is 10.2. The van der Waals surface area contributed by atoms with Gasteiger partial charge in [-0.1, -0.05) is 43.0 Å². The van der Waals surface area contributed by atoms with E-state index in [1.54, 1.807) is 4.90 Å². The smallest absolute Gasteiger partial charge is 0.318 e. The first-order valence-corrected chi connectivity index (χ1v) is 16.4. The summed E-state index contributed by atoms with van der Waals surface area (Å²) in [6.45, 7) is 10.0. The number of ether oxygens (including phenoxy) is 1. The molecule has 0 N–H and O–H groups in total. The van der Waals surface area contributed by atoms with Gasteiger partial charge in [0.1, 0.15) is 12.4 Å². The van der Waals surface area contributed by atoms with Crippen LogP contribution < -0.4 is 9.64 Å². The molecule has 9 heteroatoms. The number of benzene rings is 1. The number of nitrogens with zero attached hydrogens (tertiary/aromatic N) is 7. The second-order valence-corrected chi connectivity index (χ2v) is 13.0. The molecule has 0 bridgehead atoms. The van der Waals surface area contributed by atoms with Crippen LogP contribution in [0.5, 0.6) is 6.01 Å². The van der Waals surface area contributed by atoms with Gasteiger partial charge in [0.25, 0.3) is 0 Å². The maximum Gasteiger partial charge on any atom is 0.318 e. The molecule has 2 saturated heterocycles. The Kier molecular flexibility index (Phi) is 8.37. The average molecular weight is 594 g/mol. The Balaban J connectivity index is 1.16. The number of amides is 1. The van der Waals surface area contributed by atoms with Crippen LogP contribution in [0, 0.1) is 17.2 Å². The molecular weight excluding hydrogens is 550 g/mol. The van der Waals surface area contributed by atoms with Crippen molar-refractivity contribution in [3.8, 4) is 12.1 Å². The molecule has 1 amide bonds. The minimum atomic E-state index is -0.214. The van der Waals surface area contributed by atoms with E-state index in [-0.39, 0.29) is 18.4 Å². The van der Waals surface area contributed by atoms with Crippen LogP contribution in [0.1, 0.15) is 67.0 Å². The normalized spacial score (nSPS) is 25.3. The monoisotopic (exact) mass is 593 g/mol. The SMILES string of the molecule is C=CC(=O)N1CCN(c2nc(OC[C@@H]3CCCN3CC3CC3)nc3c2CCN(C2CC=Cc4ccccc42)C3)CC1CC#N. The summed E-state index contributed by atoms with van der Waals surface area (Å²) in [6.07, 6.45) is 13.1. The molecule has 3 aliphatic heterocycles. The number of piperazine rings is 1. The quantitative estimate of drug-likeness (QED) is 0.397. The van der Waals surface area contributed by atoms with Gasteiger partial charge in [-0.25, -0.2) is 0 Å². The lowest BCUT2D eigenvalue weighted by Gasteiger charge is -2.42. The molecule has 1 saturated carbocycles. The molecule has 3 atom stereocenters. The molecule has 230 valence electrons. The summed E-state index contributed by atoms with van der Waals surface area (Å²) in [5.41, 5.74) is 4.88. The molecule has 3 fully saturated rings. The van der Waals surface area contributed by atoms with Gasteiger partial charge in [0, 0.05) is 56.9 Å². The first-order chi connectivity index (χ1) is 21.6. The maximum absolute atomic E-state index is 12.6. The molecule has 2 aliphatic carbocycles. The summed E-state index contributed by atoms with van der Waals surface area (Å²) < 4.78 is 6.46.